The number of nitrogens with zero attached hydrogens (tertiary/aromatic N) is 2. The van der Waals surface area contributed by atoms with Gasteiger partial charge < -0.3 is 14.5 Å². The lowest BCUT2D eigenvalue weighted by Crippen LogP contribution is -2.50. The molecule has 1 heterocycles. The van der Waals surface area contributed by atoms with Gasteiger partial charge in [-0.25, -0.2) is 13.6 Å². The van der Waals surface area contributed by atoms with Crippen LogP contribution in [-0.2, 0) is 4.74 Å². The average Bonchev–Trinajstić information content (AvgIpc) is 2.41. The summed E-state index contributed by atoms with van der Waals surface area (Å²) >= 11 is 1.76. The van der Waals surface area contributed by atoms with Gasteiger partial charge in [0.1, 0.15) is 17.2 Å². The van der Waals surface area contributed by atoms with E-state index in [-0.39, 0.29) is 15.4 Å². The molecular weight excluding hydrogens is 405 g/mol. The molecule has 1 fully saturated rings. The van der Waals surface area contributed by atoms with Gasteiger partial charge in [-0.15, -0.1) is 0 Å². The van der Waals surface area contributed by atoms with E-state index in [0.29, 0.717) is 26.2 Å². The molecule has 1 aromatic rings. The van der Waals surface area contributed by atoms with Crippen molar-refractivity contribution in [2.24, 2.45) is 0 Å². The lowest BCUT2D eigenvalue weighted by molar-refractivity contribution is 0.0240. The fraction of sp³-hybridized carbons (Fsp3) is 0.533. The Kier molecular flexibility index (Phi) is 5.14. The van der Waals surface area contributed by atoms with E-state index in [2.05, 4.69) is 0 Å². The molecule has 7 heteroatoms. The van der Waals surface area contributed by atoms with Gasteiger partial charge in [-0.3, -0.25) is 0 Å². The highest BCUT2D eigenvalue weighted by Gasteiger charge is 2.27. The van der Waals surface area contributed by atoms with Gasteiger partial charge in [0.05, 0.1) is 9.26 Å². The van der Waals surface area contributed by atoms with Crippen LogP contribution in [0.2, 0.25) is 0 Å². The minimum Gasteiger partial charge on any atom is -0.444 e. The van der Waals surface area contributed by atoms with Gasteiger partial charge in [0, 0.05) is 32.2 Å². The Hall–Kier alpha value is -1.12. The maximum absolute atomic E-state index is 14.0. The summed E-state index contributed by atoms with van der Waals surface area (Å²) in [4.78, 5) is 15.3. The minimum atomic E-state index is -0.542. The summed E-state index contributed by atoms with van der Waals surface area (Å²) in [7, 11) is 0. The third-order valence-corrected chi connectivity index (χ3v) is 4.09. The number of benzene rings is 1. The van der Waals surface area contributed by atoms with E-state index in [1.807, 2.05) is 20.8 Å². The van der Waals surface area contributed by atoms with Crippen molar-refractivity contribution in [3.63, 3.8) is 0 Å². The van der Waals surface area contributed by atoms with Crippen molar-refractivity contribution in [1.29, 1.82) is 0 Å². The summed E-state index contributed by atoms with van der Waals surface area (Å²) in [6.07, 6.45) is -0.374. The second-order valence-corrected chi connectivity index (χ2v) is 7.33. The Bertz CT molecular complexity index is 567. The zero-order valence-corrected chi connectivity index (χ0v) is 15.0. The number of amides is 1. The molecule has 0 radical (unpaired) electrons. The van der Waals surface area contributed by atoms with E-state index in [9.17, 15) is 13.6 Å². The summed E-state index contributed by atoms with van der Waals surface area (Å²) in [5, 5.41) is 0. The van der Waals surface area contributed by atoms with Crippen LogP contribution >= 0.6 is 22.6 Å². The fourth-order valence-electron chi connectivity index (χ4n) is 2.21. The van der Waals surface area contributed by atoms with Gasteiger partial charge in [0.2, 0.25) is 0 Å². The SMILES string of the molecule is CC(C)(C)OC(=O)N1CCN(c2cc(F)c(I)cc2F)CC1. The lowest BCUT2D eigenvalue weighted by Gasteiger charge is -2.36. The third-order valence-electron chi connectivity index (χ3n) is 3.26. The van der Waals surface area contributed by atoms with Crippen LogP contribution < -0.4 is 4.90 Å². The van der Waals surface area contributed by atoms with Crippen molar-refractivity contribution in [3.05, 3.63) is 27.3 Å². The van der Waals surface area contributed by atoms with E-state index < -0.39 is 17.2 Å². The second-order valence-electron chi connectivity index (χ2n) is 6.17. The highest BCUT2D eigenvalue weighted by atomic mass is 127. The van der Waals surface area contributed by atoms with Crippen molar-refractivity contribution >= 4 is 34.4 Å². The molecule has 1 amide bonds. The fourth-order valence-corrected chi connectivity index (χ4v) is 2.64. The highest BCUT2D eigenvalue weighted by molar-refractivity contribution is 14.1. The highest BCUT2D eigenvalue weighted by Crippen LogP contribution is 2.25. The van der Waals surface area contributed by atoms with Crippen LogP contribution in [0.15, 0.2) is 12.1 Å². The second kappa shape index (κ2) is 6.55. The summed E-state index contributed by atoms with van der Waals surface area (Å²) in [6, 6.07) is 2.39. The zero-order valence-electron chi connectivity index (χ0n) is 12.8. The molecule has 2 rings (SSSR count). The normalized spacial score (nSPS) is 15.9. The molecule has 0 unspecified atom stereocenters. The number of anilines is 1. The van der Waals surface area contributed by atoms with Gasteiger partial charge in [-0.2, -0.15) is 0 Å². The van der Waals surface area contributed by atoms with Crippen molar-refractivity contribution in [2.75, 3.05) is 31.1 Å². The van der Waals surface area contributed by atoms with Crippen LogP contribution in [0.25, 0.3) is 0 Å². The molecule has 22 heavy (non-hydrogen) atoms. The quantitative estimate of drug-likeness (QED) is 0.510. The summed E-state index contributed by atoms with van der Waals surface area (Å²) in [5.74, 6) is -0.886. The van der Waals surface area contributed by atoms with E-state index in [1.54, 1.807) is 32.4 Å². The number of piperazine rings is 1. The van der Waals surface area contributed by atoms with Crippen LogP contribution in [-0.4, -0.2) is 42.8 Å². The Morgan fingerprint density at radius 2 is 1.73 bits per heavy atom. The summed E-state index contributed by atoms with van der Waals surface area (Å²) < 4.78 is 33.2. The number of carbonyl (C=O) groups is 1. The standard InChI is InChI=1S/C15H19F2IN2O2/c1-15(2,3)22-14(21)20-6-4-19(5-7-20)13-9-10(16)12(18)8-11(13)17/h8-9H,4-7H2,1-3H3. The molecule has 0 atom stereocenters. The molecule has 0 spiro atoms. The number of carbonyl (C=O) groups excluding carboxylic acids is 1. The van der Waals surface area contributed by atoms with E-state index >= 15 is 0 Å². The molecular formula is C15H19F2IN2O2. The van der Waals surface area contributed by atoms with Gasteiger partial charge in [0.25, 0.3) is 0 Å². The predicted molar refractivity (Wildman–Crippen MR) is 89.1 cm³/mol. The van der Waals surface area contributed by atoms with Crippen LogP contribution in [0.4, 0.5) is 19.3 Å². The molecule has 0 aliphatic carbocycles. The molecule has 0 saturated carbocycles. The monoisotopic (exact) mass is 424 g/mol. The van der Waals surface area contributed by atoms with Gasteiger partial charge >= 0.3 is 6.09 Å². The average molecular weight is 424 g/mol. The molecule has 1 aromatic carbocycles. The van der Waals surface area contributed by atoms with Crippen molar-refractivity contribution in [2.45, 2.75) is 26.4 Å². The van der Waals surface area contributed by atoms with Crippen molar-refractivity contribution in [3.8, 4) is 0 Å². The molecule has 0 bridgehead atoms. The van der Waals surface area contributed by atoms with Crippen LogP contribution in [0.5, 0.6) is 0 Å². The first kappa shape index (κ1) is 17.2. The van der Waals surface area contributed by atoms with Crippen LogP contribution in [0.3, 0.4) is 0 Å². The number of rotatable bonds is 1. The maximum atomic E-state index is 14.0. The Morgan fingerprint density at radius 3 is 2.27 bits per heavy atom. The van der Waals surface area contributed by atoms with Gasteiger partial charge in [-0.1, -0.05) is 0 Å². The summed E-state index contributed by atoms with van der Waals surface area (Å²) in [5.41, 5.74) is -0.304. The topological polar surface area (TPSA) is 32.8 Å². The smallest absolute Gasteiger partial charge is 0.410 e. The molecule has 122 valence electrons. The maximum Gasteiger partial charge on any atom is 0.410 e. The number of ether oxygens (including phenoxy) is 1. The van der Waals surface area contributed by atoms with Crippen molar-refractivity contribution < 1.29 is 18.3 Å². The van der Waals surface area contributed by atoms with E-state index in [4.69, 9.17) is 4.74 Å². The Labute approximate surface area is 142 Å². The van der Waals surface area contributed by atoms with Gasteiger partial charge in [0.15, 0.2) is 0 Å². The van der Waals surface area contributed by atoms with Gasteiger partial charge in [-0.05, 0) is 49.4 Å². The molecule has 1 aliphatic rings. The first-order valence-corrected chi connectivity index (χ1v) is 8.12. The molecule has 1 aliphatic heterocycles. The first-order valence-electron chi connectivity index (χ1n) is 7.05. The zero-order chi connectivity index (χ0) is 16.5. The Balaban J connectivity index is 2.01. The predicted octanol–water partition coefficient (Wildman–Crippen LogP) is 3.63. The van der Waals surface area contributed by atoms with E-state index in [0.717, 1.165) is 0 Å². The number of hydrogen-bond donors (Lipinski definition) is 0. The summed E-state index contributed by atoms with van der Waals surface area (Å²) in [6.45, 7) is 7.15. The van der Waals surface area contributed by atoms with Crippen LogP contribution in [0.1, 0.15) is 20.8 Å². The van der Waals surface area contributed by atoms with Crippen LogP contribution in [0, 0.1) is 15.2 Å². The largest absolute Gasteiger partial charge is 0.444 e. The Morgan fingerprint density at radius 1 is 1.14 bits per heavy atom. The molecule has 1 saturated heterocycles. The van der Waals surface area contributed by atoms with Crippen molar-refractivity contribution in [1.82, 2.24) is 4.90 Å². The number of hydrogen-bond acceptors (Lipinski definition) is 3. The number of halogens is 3. The molecule has 0 aromatic heterocycles. The first-order chi connectivity index (χ1) is 10.2. The lowest BCUT2D eigenvalue weighted by atomic mass is 10.2. The molecule has 4 nitrogen and oxygen atoms in total. The molecule has 0 N–H and O–H groups in total. The minimum absolute atomic E-state index is 0.238. The van der Waals surface area contributed by atoms with E-state index in [1.165, 1.54) is 12.1 Å². The third kappa shape index (κ3) is 4.21.